The standard InChI is InChI=1S/C20H34N4/c1-4-7-16(5-2)14-24-11-6-8-18(15-24)22-20(3)10-9-19-17(12-20)13-21-23-19/h9-10,13,16,18,22H,4-8,11-12,14-15H2,1-3H3,(H,21,23). The molecule has 3 unspecified atom stereocenters. The predicted molar refractivity (Wildman–Crippen MR) is 101 cm³/mol. The summed E-state index contributed by atoms with van der Waals surface area (Å²) in [5.41, 5.74) is 2.55. The van der Waals surface area contributed by atoms with Gasteiger partial charge in [0.05, 0.1) is 11.9 Å². The summed E-state index contributed by atoms with van der Waals surface area (Å²) in [6.07, 6.45) is 14.1. The number of piperidine rings is 1. The van der Waals surface area contributed by atoms with Crippen LogP contribution in [0.5, 0.6) is 0 Å². The van der Waals surface area contributed by atoms with Crippen molar-refractivity contribution in [2.24, 2.45) is 5.92 Å². The number of hydrogen-bond donors (Lipinski definition) is 2. The molecular weight excluding hydrogens is 296 g/mol. The van der Waals surface area contributed by atoms with Crippen LogP contribution in [0.2, 0.25) is 0 Å². The molecule has 1 aliphatic carbocycles. The van der Waals surface area contributed by atoms with E-state index >= 15 is 0 Å². The maximum Gasteiger partial charge on any atom is 0.0608 e. The van der Waals surface area contributed by atoms with Crippen LogP contribution in [-0.2, 0) is 6.42 Å². The highest BCUT2D eigenvalue weighted by Gasteiger charge is 2.31. The second-order valence-electron chi connectivity index (χ2n) is 8.04. The van der Waals surface area contributed by atoms with Crippen molar-refractivity contribution in [3.05, 3.63) is 23.5 Å². The fraction of sp³-hybridized carbons (Fsp3) is 0.750. The predicted octanol–water partition coefficient (Wildman–Crippen LogP) is 3.62. The SMILES string of the molecule is CCCC(CC)CN1CCCC(NC2(C)C=Cc3[nH]ncc3C2)C1. The number of fused-ring (bicyclic) bond motifs is 1. The fourth-order valence-electron chi connectivity index (χ4n) is 4.43. The molecule has 1 aliphatic heterocycles. The molecule has 3 atom stereocenters. The number of likely N-dealkylation sites (tertiary alicyclic amines) is 1. The average molecular weight is 331 g/mol. The molecule has 1 fully saturated rings. The highest BCUT2D eigenvalue weighted by Crippen LogP contribution is 2.26. The van der Waals surface area contributed by atoms with E-state index in [0.717, 1.165) is 12.3 Å². The topological polar surface area (TPSA) is 44.0 Å². The third-order valence-corrected chi connectivity index (χ3v) is 5.76. The van der Waals surface area contributed by atoms with Gasteiger partial charge in [-0.3, -0.25) is 5.10 Å². The van der Waals surface area contributed by atoms with Gasteiger partial charge in [-0.2, -0.15) is 5.10 Å². The molecule has 134 valence electrons. The molecule has 2 N–H and O–H groups in total. The van der Waals surface area contributed by atoms with Crippen molar-refractivity contribution in [3.8, 4) is 0 Å². The summed E-state index contributed by atoms with van der Waals surface area (Å²) in [7, 11) is 0. The number of aromatic amines is 1. The Morgan fingerprint density at radius 1 is 1.46 bits per heavy atom. The molecule has 0 amide bonds. The summed E-state index contributed by atoms with van der Waals surface area (Å²) in [6, 6.07) is 0.598. The Kier molecular flexibility index (Phi) is 5.77. The van der Waals surface area contributed by atoms with Gasteiger partial charge in [0.25, 0.3) is 0 Å². The number of rotatable bonds is 7. The van der Waals surface area contributed by atoms with Gasteiger partial charge in [0.15, 0.2) is 0 Å². The summed E-state index contributed by atoms with van der Waals surface area (Å²) in [6.45, 7) is 10.7. The summed E-state index contributed by atoms with van der Waals surface area (Å²) in [5, 5.41) is 11.2. The zero-order valence-corrected chi connectivity index (χ0v) is 15.6. The zero-order valence-electron chi connectivity index (χ0n) is 15.6. The van der Waals surface area contributed by atoms with Crippen molar-refractivity contribution in [3.63, 3.8) is 0 Å². The molecule has 1 saturated heterocycles. The lowest BCUT2D eigenvalue weighted by atomic mass is 9.86. The van der Waals surface area contributed by atoms with Gasteiger partial charge < -0.3 is 10.2 Å². The van der Waals surface area contributed by atoms with Crippen molar-refractivity contribution < 1.29 is 0 Å². The summed E-state index contributed by atoms with van der Waals surface area (Å²) < 4.78 is 0. The second-order valence-corrected chi connectivity index (χ2v) is 8.04. The molecular formula is C20H34N4. The van der Waals surface area contributed by atoms with Crippen LogP contribution in [0.15, 0.2) is 12.3 Å². The van der Waals surface area contributed by atoms with E-state index in [1.165, 1.54) is 63.0 Å². The van der Waals surface area contributed by atoms with E-state index in [1.807, 2.05) is 6.20 Å². The number of nitrogens with zero attached hydrogens (tertiary/aromatic N) is 2. The largest absolute Gasteiger partial charge is 0.304 e. The number of aromatic nitrogens is 2. The first-order chi connectivity index (χ1) is 11.6. The highest BCUT2D eigenvalue weighted by atomic mass is 15.2. The third kappa shape index (κ3) is 4.28. The Balaban J connectivity index is 1.55. The molecule has 3 rings (SSSR count). The van der Waals surface area contributed by atoms with Crippen molar-refractivity contribution >= 4 is 6.08 Å². The van der Waals surface area contributed by atoms with Crippen LogP contribution in [0.25, 0.3) is 6.08 Å². The van der Waals surface area contributed by atoms with Gasteiger partial charge >= 0.3 is 0 Å². The van der Waals surface area contributed by atoms with Gasteiger partial charge in [-0.05, 0) is 56.7 Å². The van der Waals surface area contributed by atoms with Gasteiger partial charge in [-0.15, -0.1) is 0 Å². The van der Waals surface area contributed by atoms with Crippen LogP contribution in [-0.4, -0.2) is 46.3 Å². The zero-order chi connectivity index (χ0) is 17.0. The third-order valence-electron chi connectivity index (χ3n) is 5.76. The molecule has 0 radical (unpaired) electrons. The molecule has 0 spiro atoms. The number of nitrogens with one attached hydrogen (secondary N) is 2. The minimum atomic E-state index is 0.0537. The van der Waals surface area contributed by atoms with Crippen LogP contribution < -0.4 is 5.32 Å². The molecule has 4 heteroatoms. The molecule has 1 aromatic heterocycles. The Morgan fingerprint density at radius 3 is 3.12 bits per heavy atom. The van der Waals surface area contributed by atoms with Crippen LogP contribution in [0.4, 0.5) is 0 Å². The van der Waals surface area contributed by atoms with Crippen LogP contribution in [0, 0.1) is 5.92 Å². The molecule has 2 heterocycles. The smallest absolute Gasteiger partial charge is 0.0608 e. The van der Waals surface area contributed by atoms with Gasteiger partial charge in [0.2, 0.25) is 0 Å². The van der Waals surface area contributed by atoms with Crippen molar-refractivity contribution in [2.45, 2.75) is 70.9 Å². The molecule has 0 aromatic carbocycles. The first-order valence-corrected chi connectivity index (χ1v) is 9.83. The fourth-order valence-corrected chi connectivity index (χ4v) is 4.43. The van der Waals surface area contributed by atoms with Crippen LogP contribution >= 0.6 is 0 Å². The van der Waals surface area contributed by atoms with Crippen molar-refractivity contribution in [2.75, 3.05) is 19.6 Å². The molecule has 1 aromatic rings. The first kappa shape index (κ1) is 17.7. The minimum absolute atomic E-state index is 0.0537. The molecule has 4 nitrogen and oxygen atoms in total. The highest BCUT2D eigenvalue weighted by molar-refractivity contribution is 5.54. The molecule has 24 heavy (non-hydrogen) atoms. The molecule has 2 aliphatic rings. The van der Waals surface area contributed by atoms with Crippen LogP contribution in [0.1, 0.15) is 64.1 Å². The number of H-pyrrole nitrogens is 1. The Hall–Kier alpha value is -1.13. The normalized spacial score (nSPS) is 28.7. The monoisotopic (exact) mass is 330 g/mol. The second kappa shape index (κ2) is 7.83. The van der Waals surface area contributed by atoms with Gasteiger partial charge in [0.1, 0.15) is 0 Å². The van der Waals surface area contributed by atoms with Gasteiger partial charge in [-0.25, -0.2) is 0 Å². The van der Waals surface area contributed by atoms with E-state index in [4.69, 9.17) is 0 Å². The van der Waals surface area contributed by atoms with E-state index in [2.05, 4.69) is 53.3 Å². The van der Waals surface area contributed by atoms with Gasteiger partial charge in [-0.1, -0.05) is 32.8 Å². The lowest BCUT2D eigenvalue weighted by molar-refractivity contribution is 0.148. The van der Waals surface area contributed by atoms with E-state index in [9.17, 15) is 0 Å². The summed E-state index contributed by atoms with van der Waals surface area (Å²) in [4.78, 5) is 2.70. The lowest BCUT2D eigenvalue weighted by Gasteiger charge is -2.40. The first-order valence-electron chi connectivity index (χ1n) is 9.83. The summed E-state index contributed by atoms with van der Waals surface area (Å²) >= 11 is 0. The maximum absolute atomic E-state index is 4.18. The molecule has 0 bridgehead atoms. The van der Waals surface area contributed by atoms with E-state index in [0.29, 0.717) is 6.04 Å². The molecule has 0 saturated carbocycles. The Bertz CT molecular complexity index is 550. The van der Waals surface area contributed by atoms with Crippen molar-refractivity contribution in [1.29, 1.82) is 0 Å². The van der Waals surface area contributed by atoms with Gasteiger partial charge in [0, 0.05) is 24.7 Å². The lowest BCUT2D eigenvalue weighted by Crippen LogP contribution is -2.55. The Labute approximate surface area is 147 Å². The van der Waals surface area contributed by atoms with E-state index in [1.54, 1.807) is 0 Å². The van der Waals surface area contributed by atoms with E-state index in [-0.39, 0.29) is 5.54 Å². The number of hydrogen-bond acceptors (Lipinski definition) is 3. The van der Waals surface area contributed by atoms with Crippen LogP contribution in [0.3, 0.4) is 0 Å². The quantitative estimate of drug-likeness (QED) is 0.802. The maximum atomic E-state index is 4.18. The summed E-state index contributed by atoms with van der Waals surface area (Å²) in [5.74, 6) is 0.868. The minimum Gasteiger partial charge on any atom is -0.304 e. The van der Waals surface area contributed by atoms with E-state index < -0.39 is 0 Å². The average Bonchev–Trinajstić information content (AvgIpc) is 3.01. The van der Waals surface area contributed by atoms with Crippen molar-refractivity contribution in [1.82, 2.24) is 20.4 Å². The Morgan fingerprint density at radius 2 is 2.33 bits per heavy atom.